The van der Waals surface area contributed by atoms with Crippen LogP contribution in [0.4, 0.5) is 0 Å². The molecule has 1 aromatic rings. The SMILES string of the molecule is O=S(=O)(NCCCCCCl)c1ccc2c(c1)CCC2. The first-order valence-corrected chi connectivity index (χ1v) is 8.83. The van der Waals surface area contributed by atoms with Crippen molar-refractivity contribution in [3.05, 3.63) is 29.3 Å². The van der Waals surface area contributed by atoms with Crippen molar-refractivity contribution in [2.45, 2.75) is 43.4 Å². The molecule has 0 spiro atoms. The average molecular weight is 302 g/mol. The lowest BCUT2D eigenvalue weighted by molar-refractivity contribution is 0.576. The number of hydrogen-bond donors (Lipinski definition) is 1. The third-order valence-electron chi connectivity index (χ3n) is 3.48. The van der Waals surface area contributed by atoms with Gasteiger partial charge in [0.05, 0.1) is 4.90 Å². The predicted molar refractivity (Wildman–Crippen MR) is 78.2 cm³/mol. The molecule has 1 aliphatic rings. The van der Waals surface area contributed by atoms with Gasteiger partial charge in [-0.1, -0.05) is 12.5 Å². The highest BCUT2D eigenvalue weighted by molar-refractivity contribution is 7.89. The van der Waals surface area contributed by atoms with Crippen LogP contribution in [0.15, 0.2) is 23.1 Å². The van der Waals surface area contributed by atoms with Crippen LogP contribution in [-0.2, 0) is 22.9 Å². The lowest BCUT2D eigenvalue weighted by atomic mass is 10.1. The minimum Gasteiger partial charge on any atom is -0.211 e. The zero-order valence-corrected chi connectivity index (χ0v) is 12.6. The molecule has 0 saturated heterocycles. The molecule has 0 atom stereocenters. The Labute approximate surface area is 120 Å². The molecule has 1 aromatic carbocycles. The van der Waals surface area contributed by atoms with Crippen LogP contribution in [0.2, 0.25) is 0 Å². The van der Waals surface area contributed by atoms with Crippen LogP contribution in [0, 0.1) is 0 Å². The molecule has 0 saturated carbocycles. The maximum atomic E-state index is 12.1. The van der Waals surface area contributed by atoms with Crippen molar-refractivity contribution < 1.29 is 8.42 Å². The second-order valence-corrected chi connectivity index (χ2v) is 7.08. The fraction of sp³-hybridized carbons (Fsp3) is 0.571. The molecule has 19 heavy (non-hydrogen) atoms. The summed E-state index contributed by atoms with van der Waals surface area (Å²) >= 11 is 5.58. The van der Waals surface area contributed by atoms with Crippen molar-refractivity contribution >= 4 is 21.6 Å². The van der Waals surface area contributed by atoms with Crippen LogP contribution in [-0.4, -0.2) is 20.8 Å². The summed E-state index contributed by atoms with van der Waals surface area (Å²) in [7, 11) is -3.35. The van der Waals surface area contributed by atoms with Gasteiger partial charge in [0.2, 0.25) is 10.0 Å². The highest BCUT2D eigenvalue weighted by Crippen LogP contribution is 2.24. The van der Waals surface area contributed by atoms with Gasteiger partial charge in [-0.2, -0.15) is 0 Å². The highest BCUT2D eigenvalue weighted by Gasteiger charge is 2.17. The summed E-state index contributed by atoms with van der Waals surface area (Å²) < 4.78 is 26.9. The molecule has 0 radical (unpaired) electrons. The van der Waals surface area contributed by atoms with E-state index in [2.05, 4.69) is 4.72 Å². The lowest BCUT2D eigenvalue weighted by Crippen LogP contribution is -2.25. The molecular weight excluding hydrogens is 282 g/mol. The van der Waals surface area contributed by atoms with Gasteiger partial charge in [0.25, 0.3) is 0 Å². The molecule has 0 aliphatic heterocycles. The van der Waals surface area contributed by atoms with Crippen molar-refractivity contribution in [1.82, 2.24) is 4.72 Å². The van der Waals surface area contributed by atoms with Gasteiger partial charge < -0.3 is 0 Å². The van der Waals surface area contributed by atoms with Gasteiger partial charge in [0.15, 0.2) is 0 Å². The van der Waals surface area contributed by atoms with E-state index in [1.54, 1.807) is 6.07 Å². The van der Waals surface area contributed by atoms with Gasteiger partial charge in [-0.25, -0.2) is 13.1 Å². The maximum absolute atomic E-state index is 12.1. The van der Waals surface area contributed by atoms with Gasteiger partial charge in [-0.15, -0.1) is 11.6 Å². The van der Waals surface area contributed by atoms with Crippen LogP contribution in [0.5, 0.6) is 0 Å². The summed E-state index contributed by atoms with van der Waals surface area (Å²) in [6.45, 7) is 0.482. The first-order chi connectivity index (χ1) is 9.13. The van der Waals surface area contributed by atoms with E-state index in [0.717, 1.165) is 38.5 Å². The fourth-order valence-corrected chi connectivity index (χ4v) is 3.71. The molecule has 0 fully saturated rings. The number of aryl methyl sites for hydroxylation is 2. The summed E-state index contributed by atoms with van der Waals surface area (Å²) in [5, 5.41) is 0. The Kier molecular flexibility index (Phi) is 5.25. The number of nitrogens with one attached hydrogen (secondary N) is 1. The number of hydrogen-bond acceptors (Lipinski definition) is 2. The molecule has 3 nitrogen and oxygen atoms in total. The standard InChI is InChI=1S/C14H20ClNO2S/c15-9-2-1-3-10-16-19(17,18)14-8-7-12-5-4-6-13(12)11-14/h7-8,11,16H,1-6,9-10H2. The van der Waals surface area contributed by atoms with Crippen molar-refractivity contribution in [1.29, 1.82) is 0 Å². The molecule has 0 amide bonds. The van der Waals surface area contributed by atoms with Crippen molar-refractivity contribution in [2.75, 3.05) is 12.4 Å². The topological polar surface area (TPSA) is 46.2 Å². The van der Waals surface area contributed by atoms with Crippen LogP contribution in [0.1, 0.15) is 36.8 Å². The molecule has 1 aliphatic carbocycles. The van der Waals surface area contributed by atoms with Crippen molar-refractivity contribution in [3.8, 4) is 0 Å². The van der Waals surface area contributed by atoms with E-state index in [9.17, 15) is 8.42 Å². The number of rotatable bonds is 7. The Morgan fingerprint density at radius 2 is 1.89 bits per heavy atom. The minimum atomic E-state index is -3.35. The van der Waals surface area contributed by atoms with E-state index in [4.69, 9.17) is 11.6 Å². The smallest absolute Gasteiger partial charge is 0.211 e. The van der Waals surface area contributed by atoms with E-state index in [-0.39, 0.29) is 0 Å². The summed E-state index contributed by atoms with van der Waals surface area (Å²) in [4.78, 5) is 0.394. The number of benzene rings is 1. The van der Waals surface area contributed by atoms with E-state index >= 15 is 0 Å². The Balaban J connectivity index is 1.95. The van der Waals surface area contributed by atoms with Crippen LogP contribution in [0.3, 0.4) is 0 Å². The van der Waals surface area contributed by atoms with E-state index in [1.165, 1.54) is 11.1 Å². The molecule has 0 aromatic heterocycles. The molecule has 0 bridgehead atoms. The first kappa shape index (κ1) is 14.8. The Morgan fingerprint density at radius 3 is 2.68 bits per heavy atom. The first-order valence-electron chi connectivity index (χ1n) is 6.81. The summed E-state index contributed by atoms with van der Waals surface area (Å²) in [6, 6.07) is 5.49. The molecule has 2 rings (SSSR count). The summed E-state index contributed by atoms with van der Waals surface area (Å²) in [6.07, 6.45) is 5.91. The zero-order chi connectivity index (χ0) is 13.7. The van der Waals surface area contributed by atoms with Gasteiger partial charge in [0, 0.05) is 12.4 Å². The third kappa shape index (κ3) is 3.94. The lowest BCUT2D eigenvalue weighted by Gasteiger charge is -2.08. The Morgan fingerprint density at radius 1 is 1.11 bits per heavy atom. The Hall–Kier alpha value is -0.580. The monoisotopic (exact) mass is 301 g/mol. The van der Waals surface area contributed by atoms with Crippen molar-refractivity contribution in [2.24, 2.45) is 0 Å². The van der Waals surface area contributed by atoms with Crippen LogP contribution < -0.4 is 4.72 Å². The predicted octanol–water partition coefficient (Wildman–Crippen LogP) is 2.86. The normalized spacial score (nSPS) is 14.6. The molecule has 0 unspecified atom stereocenters. The quantitative estimate of drug-likeness (QED) is 0.622. The molecule has 5 heteroatoms. The molecule has 0 heterocycles. The highest BCUT2D eigenvalue weighted by atomic mass is 35.5. The fourth-order valence-electron chi connectivity index (χ4n) is 2.40. The van der Waals surface area contributed by atoms with Gasteiger partial charge >= 0.3 is 0 Å². The second-order valence-electron chi connectivity index (χ2n) is 4.93. The number of unbranched alkanes of at least 4 members (excludes halogenated alkanes) is 2. The van der Waals surface area contributed by atoms with E-state index < -0.39 is 10.0 Å². The maximum Gasteiger partial charge on any atom is 0.240 e. The summed E-state index contributed by atoms with van der Waals surface area (Å²) in [5.41, 5.74) is 2.48. The van der Waals surface area contributed by atoms with Gasteiger partial charge in [-0.3, -0.25) is 0 Å². The number of alkyl halides is 1. The number of fused-ring (bicyclic) bond motifs is 1. The van der Waals surface area contributed by atoms with Crippen LogP contribution in [0.25, 0.3) is 0 Å². The number of sulfonamides is 1. The van der Waals surface area contributed by atoms with E-state index in [1.807, 2.05) is 12.1 Å². The van der Waals surface area contributed by atoms with Gasteiger partial charge in [-0.05, 0) is 55.4 Å². The Bertz CT molecular complexity index is 528. The average Bonchev–Trinajstić information content (AvgIpc) is 2.85. The number of halogens is 1. The van der Waals surface area contributed by atoms with E-state index in [0.29, 0.717) is 17.3 Å². The third-order valence-corrected chi connectivity index (χ3v) is 5.21. The van der Waals surface area contributed by atoms with Crippen molar-refractivity contribution in [3.63, 3.8) is 0 Å². The molecular formula is C14H20ClNO2S. The summed E-state index contributed by atoms with van der Waals surface area (Å²) in [5.74, 6) is 0.636. The zero-order valence-electron chi connectivity index (χ0n) is 11.0. The molecule has 1 N–H and O–H groups in total. The second kappa shape index (κ2) is 6.73. The minimum absolute atomic E-state index is 0.394. The van der Waals surface area contributed by atoms with Crippen LogP contribution >= 0.6 is 11.6 Å². The largest absolute Gasteiger partial charge is 0.240 e. The van der Waals surface area contributed by atoms with Gasteiger partial charge in [0.1, 0.15) is 0 Å². The molecule has 106 valence electrons.